The topological polar surface area (TPSA) is 61.8 Å². The Morgan fingerprint density at radius 1 is 1.00 bits per heavy atom. The van der Waals surface area contributed by atoms with Crippen molar-refractivity contribution in [3.8, 4) is 0 Å². The van der Waals surface area contributed by atoms with Crippen molar-refractivity contribution < 1.29 is 23.8 Å². The van der Waals surface area contributed by atoms with Crippen LogP contribution in [0.1, 0.15) is 79.6 Å². The molecule has 0 aromatic heterocycles. The van der Waals surface area contributed by atoms with Crippen LogP contribution in [0.25, 0.3) is 0 Å². The number of rotatable bonds is 0. The van der Waals surface area contributed by atoms with Gasteiger partial charge in [0.05, 0.1) is 6.61 Å². The van der Waals surface area contributed by atoms with Gasteiger partial charge in [-0.3, -0.25) is 0 Å². The van der Waals surface area contributed by atoms with Gasteiger partial charge in [-0.05, 0) is 81.8 Å². The van der Waals surface area contributed by atoms with E-state index in [9.17, 15) is 9.59 Å². The summed E-state index contributed by atoms with van der Waals surface area (Å²) in [6.45, 7) is 11.3. The van der Waals surface area contributed by atoms with Crippen LogP contribution in [-0.2, 0) is 23.8 Å². The molecule has 6 rings (SSSR count). The van der Waals surface area contributed by atoms with Crippen LogP contribution in [0.2, 0.25) is 0 Å². The highest BCUT2D eigenvalue weighted by Crippen LogP contribution is 2.71. The van der Waals surface area contributed by atoms with Crippen molar-refractivity contribution in [1.29, 1.82) is 0 Å². The molecular formula is C30H38O5. The maximum absolute atomic E-state index is 12.5. The Kier molecular flexibility index (Phi) is 4.95. The summed E-state index contributed by atoms with van der Waals surface area (Å²) in [7, 11) is 0. The van der Waals surface area contributed by atoms with Crippen molar-refractivity contribution in [1.82, 2.24) is 0 Å². The lowest BCUT2D eigenvalue weighted by Gasteiger charge is -2.59. The van der Waals surface area contributed by atoms with Crippen LogP contribution >= 0.6 is 0 Å². The van der Waals surface area contributed by atoms with Gasteiger partial charge in [-0.25, -0.2) is 9.59 Å². The van der Waals surface area contributed by atoms with E-state index in [1.165, 1.54) is 11.1 Å². The third kappa shape index (κ3) is 3.09. The van der Waals surface area contributed by atoms with Gasteiger partial charge in [0.1, 0.15) is 5.60 Å². The molecule has 0 radical (unpaired) electrons. The third-order valence-electron chi connectivity index (χ3n) is 10.9. The standard InChI is InChI=1S/C30H38O5/c1-18-10-15-30(35-26(18)32)19(2)22-12-13-28(5)24-8-7-23-20(6-9-25(31)34-27(23,3)4)16-21(24)11-14-29(22,28)17-33-30/h6,9-10,16,19,22-23H,7-8,11-15,17H2,1-5H3/t19-,22+,23+,28-,29-,30-/m0/s1. The van der Waals surface area contributed by atoms with Gasteiger partial charge < -0.3 is 14.2 Å². The van der Waals surface area contributed by atoms with Crippen LogP contribution < -0.4 is 0 Å². The first kappa shape index (κ1) is 23.3. The van der Waals surface area contributed by atoms with E-state index < -0.39 is 11.4 Å². The van der Waals surface area contributed by atoms with Gasteiger partial charge in [-0.2, -0.15) is 0 Å². The zero-order valence-electron chi connectivity index (χ0n) is 21.7. The largest absolute Gasteiger partial charge is 0.456 e. The number of hydrogen-bond donors (Lipinski definition) is 0. The van der Waals surface area contributed by atoms with Crippen LogP contribution in [0.3, 0.4) is 0 Å². The first-order valence-corrected chi connectivity index (χ1v) is 13.4. The van der Waals surface area contributed by atoms with Gasteiger partial charge >= 0.3 is 11.9 Å². The molecule has 0 bridgehead atoms. The molecule has 188 valence electrons. The normalized spacial score (nSPS) is 44.1. The molecule has 2 fully saturated rings. The number of hydrogen-bond acceptors (Lipinski definition) is 5. The molecule has 0 unspecified atom stereocenters. The summed E-state index contributed by atoms with van der Waals surface area (Å²) < 4.78 is 18.5. The highest BCUT2D eigenvalue weighted by molar-refractivity contribution is 5.88. The highest BCUT2D eigenvalue weighted by atomic mass is 16.7. The number of allylic oxidation sites excluding steroid dienone is 4. The van der Waals surface area contributed by atoms with E-state index in [4.69, 9.17) is 14.2 Å². The molecule has 6 aliphatic rings. The molecular weight excluding hydrogens is 440 g/mol. The van der Waals surface area contributed by atoms with E-state index in [-0.39, 0.29) is 34.6 Å². The molecule has 1 saturated heterocycles. The minimum Gasteiger partial charge on any atom is -0.456 e. The van der Waals surface area contributed by atoms with Crippen LogP contribution in [-0.4, -0.2) is 29.9 Å². The maximum atomic E-state index is 12.5. The van der Waals surface area contributed by atoms with E-state index in [2.05, 4.69) is 19.9 Å². The number of cyclic esters (lactones) is 1. The van der Waals surface area contributed by atoms with Crippen molar-refractivity contribution in [2.45, 2.75) is 91.0 Å². The second-order valence-corrected chi connectivity index (χ2v) is 12.6. The summed E-state index contributed by atoms with van der Waals surface area (Å²) in [4.78, 5) is 24.6. The molecule has 3 heterocycles. The molecule has 3 aliphatic carbocycles. The van der Waals surface area contributed by atoms with Crippen molar-refractivity contribution in [2.24, 2.45) is 28.6 Å². The zero-order chi connectivity index (χ0) is 24.8. The third-order valence-corrected chi connectivity index (χ3v) is 10.9. The van der Waals surface area contributed by atoms with Crippen molar-refractivity contribution >= 4 is 11.9 Å². The van der Waals surface area contributed by atoms with E-state index in [0.717, 1.165) is 38.5 Å². The molecule has 6 atom stereocenters. The van der Waals surface area contributed by atoms with E-state index in [1.807, 2.05) is 32.9 Å². The van der Waals surface area contributed by atoms with Crippen molar-refractivity contribution in [2.75, 3.05) is 6.61 Å². The average Bonchev–Trinajstić information content (AvgIpc) is 2.91. The first-order valence-electron chi connectivity index (χ1n) is 13.4. The van der Waals surface area contributed by atoms with E-state index in [0.29, 0.717) is 24.5 Å². The van der Waals surface area contributed by atoms with Gasteiger partial charge in [-0.15, -0.1) is 0 Å². The molecule has 35 heavy (non-hydrogen) atoms. The van der Waals surface area contributed by atoms with E-state index in [1.54, 1.807) is 11.6 Å². The Bertz CT molecular complexity index is 1120. The molecule has 3 aliphatic heterocycles. The zero-order valence-corrected chi connectivity index (χ0v) is 21.7. The lowest BCUT2D eigenvalue weighted by atomic mass is 9.51. The minimum atomic E-state index is -0.816. The molecule has 5 heteroatoms. The summed E-state index contributed by atoms with van der Waals surface area (Å²) in [6, 6.07) is 0. The Morgan fingerprint density at radius 3 is 2.57 bits per heavy atom. The number of carbonyl (C=O) groups is 2. The second kappa shape index (κ2) is 7.44. The molecule has 0 aromatic rings. The number of ether oxygens (including phenoxy) is 3. The Morgan fingerprint density at radius 2 is 1.80 bits per heavy atom. The predicted molar refractivity (Wildman–Crippen MR) is 132 cm³/mol. The molecule has 2 spiro atoms. The summed E-state index contributed by atoms with van der Waals surface area (Å²) >= 11 is 0. The van der Waals surface area contributed by atoms with Crippen molar-refractivity contribution in [3.63, 3.8) is 0 Å². The van der Waals surface area contributed by atoms with Crippen LogP contribution in [0.15, 0.2) is 46.6 Å². The van der Waals surface area contributed by atoms with Crippen LogP contribution in [0.4, 0.5) is 0 Å². The Labute approximate surface area is 208 Å². The number of fused-ring (bicyclic) bond motifs is 2. The summed E-state index contributed by atoms with van der Waals surface area (Å²) in [5, 5.41) is 0. The fourth-order valence-electron chi connectivity index (χ4n) is 8.73. The van der Waals surface area contributed by atoms with Gasteiger partial charge in [0.15, 0.2) is 0 Å². The maximum Gasteiger partial charge on any atom is 0.335 e. The summed E-state index contributed by atoms with van der Waals surface area (Å²) in [5.74, 6) is -0.488. The molecule has 5 nitrogen and oxygen atoms in total. The first-order chi connectivity index (χ1) is 16.5. The minimum absolute atomic E-state index is 0.0662. The monoisotopic (exact) mass is 478 g/mol. The van der Waals surface area contributed by atoms with Crippen LogP contribution in [0, 0.1) is 28.6 Å². The SMILES string of the molecule is CC1=CC[C@]2(OC[C@]34CCC5=C(CC[C@@H]6C(=C5)C=CC(=O)OC6(C)C)[C@]3(C)CC[C@@H]4[C@@H]2C)OC1=O. The molecule has 1 saturated carbocycles. The average molecular weight is 479 g/mol. The van der Waals surface area contributed by atoms with Crippen LogP contribution in [0.5, 0.6) is 0 Å². The predicted octanol–water partition coefficient (Wildman–Crippen LogP) is 5.96. The van der Waals surface area contributed by atoms with Gasteiger partial charge in [0.25, 0.3) is 0 Å². The summed E-state index contributed by atoms with van der Waals surface area (Å²) in [5.41, 5.74) is 4.57. The van der Waals surface area contributed by atoms with Gasteiger partial charge in [-0.1, -0.05) is 37.6 Å². The smallest absolute Gasteiger partial charge is 0.335 e. The van der Waals surface area contributed by atoms with Gasteiger partial charge in [0, 0.05) is 35.3 Å². The highest BCUT2D eigenvalue weighted by Gasteiger charge is 2.68. The second-order valence-electron chi connectivity index (χ2n) is 12.6. The fourth-order valence-corrected chi connectivity index (χ4v) is 8.73. The lowest BCUT2D eigenvalue weighted by Crippen LogP contribution is -2.61. The van der Waals surface area contributed by atoms with Gasteiger partial charge in [0.2, 0.25) is 5.79 Å². The lowest BCUT2D eigenvalue weighted by molar-refractivity contribution is -0.312. The van der Waals surface area contributed by atoms with Crippen molar-refractivity contribution in [3.05, 3.63) is 46.6 Å². The molecule has 0 N–H and O–H groups in total. The number of esters is 2. The number of carbonyl (C=O) groups excluding carboxylic acids is 2. The van der Waals surface area contributed by atoms with E-state index >= 15 is 0 Å². The molecule has 0 aromatic carbocycles. The Hall–Kier alpha value is -2.14. The molecule has 0 amide bonds. The fraction of sp³-hybridized carbons (Fsp3) is 0.667. The summed E-state index contributed by atoms with van der Waals surface area (Å²) in [6.07, 6.45) is 15.0. The Balaban J connectivity index is 1.36. The quantitative estimate of drug-likeness (QED) is 0.402.